The minimum absolute atomic E-state index is 0.196. The molecule has 4 rings (SSSR count). The van der Waals surface area contributed by atoms with Gasteiger partial charge in [-0.25, -0.2) is 12.8 Å². The van der Waals surface area contributed by atoms with Gasteiger partial charge in [-0.1, -0.05) is 38.1 Å². The maximum Gasteiger partial charge on any atom is 0.229 e. The van der Waals surface area contributed by atoms with Crippen molar-refractivity contribution in [1.82, 2.24) is 4.98 Å². The number of hydrogen-bond donors (Lipinski definition) is 2. The van der Waals surface area contributed by atoms with Crippen LogP contribution in [0.3, 0.4) is 0 Å². The molecular formula is C22H23FN2O2S2. The minimum atomic E-state index is -3.39. The first kappa shape index (κ1) is 19.9. The van der Waals surface area contributed by atoms with Crippen LogP contribution < -0.4 is 4.72 Å². The first-order valence-electron chi connectivity index (χ1n) is 9.56. The van der Waals surface area contributed by atoms with Gasteiger partial charge in [-0.2, -0.15) is 0 Å². The zero-order valence-electron chi connectivity index (χ0n) is 16.5. The Morgan fingerprint density at radius 1 is 1.14 bits per heavy atom. The van der Waals surface area contributed by atoms with E-state index in [1.807, 2.05) is 24.4 Å². The molecule has 2 heterocycles. The quantitative estimate of drug-likeness (QED) is 0.394. The first-order chi connectivity index (χ1) is 13.8. The van der Waals surface area contributed by atoms with E-state index in [0.717, 1.165) is 45.8 Å². The summed E-state index contributed by atoms with van der Waals surface area (Å²) in [5.74, 6) is -0.196. The van der Waals surface area contributed by atoms with E-state index >= 15 is 0 Å². The fraction of sp³-hybridized carbons (Fsp3) is 0.273. The standard InChI is InChI=1S/C22H23FN2O2S2/c1-4-22(5-2,19-12-14-8-6-10-17(23)21(14)28-19)16-13-24-20-15(16)9-7-11-18(20)25-29(3,26)27/h6-13,24-25H,4-5H2,1-3H3. The maximum atomic E-state index is 14.3. The Bertz CT molecular complexity index is 1300. The van der Waals surface area contributed by atoms with Crippen molar-refractivity contribution >= 4 is 48.0 Å². The normalized spacial score (nSPS) is 12.7. The highest BCUT2D eigenvalue weighted by Gasteiger charge is 2.35. The molecule has 2 N–H and O–H groups in total. The van der Waals surface area contributed by atoms with E-state index in [1.54, 1.807) is 12.1 Å². The van der Waals surface area contributed by atoms with Crippen LogP contribution in [0.4, 0.5) is 10.1 Å². The fourth-order valence-corrected chi connectivity index (χ4v) is 6.19. The minimum Gasteiger partial charge on any atom is -0.359 e. The van der Waals surface area contributed by atoms with E-state index < -0.39 is 10.0 Å². The average molecular weight is 431 g/mol. The van der Waals surface area contributed by atoms with Gasteiger partial charge in [-0.05, 0) is 42.0 Å². The van der Waals surface area contributed by atoms with Crippen molar-refractivity contribution in [2.45, 2.75) is 32.1 Å². The van der Waals surface area contributed by atoms with Crippen LogP contribution in [0, 0.1) is 5.82 Å². The molecular weight excluding hydrogens is 407 g/mol. The molecule has 0 unspecified atom stereocenters. The molecule has 0 aliphatic carbocycles. The average Bonchev–Trinajstić information content (AvgIpc) is 3.29. The number of aromatic amines is 1. The Morgan fingerprint density at radius 2 is 1.86 bits per heavy atom. The van der Waals surface area contributed by atoms with Crippen LogP contribution >= 0.6 is 11.3 Å². The van der Waals surface area contributed by atoms with Gasteiger partial charge in [0.2, 0.25) is 10.0 Å². The summed E-state index contributed by atoms with van der Waals surface area (Å²) in [4.78, 5) is 4.39. The number of sulfonamides is 1. The fourth-order valence-electron chi connectivity index (χ4n) is 4.21. The van der Waals surface area contributed by atoms with Gasteiger partial charge in [-0.3, -0.25) is 4.72 Å². The van der Waals surface area contributed by atoms with E-state index in [2.05, 4.69) is 29.6 Å². The Balaban J connectivity index is 1.94. The van der Waals surface area contributed by atoms with Gasteiger partial charge in [-0.15, -0.1) is 11.3 Å². The summed E-state index contributed by atoms with van der Waals surface area (Å²) < 4.78 is 41.1. The molecule has 7 heteroatoms. The number of para-hydroxylation sites is 1. The first-order valence-corrected chi connectivity index (χ1v) is 12.3. The molecule has 0 spiro atoms. The number of thiophene rings is 1. The molecule has 0 atom stereocenters. The van der Waals surface area contributed by atoms with Crippen LogP contribution in [-0.4, -0.2) is 19.7 Å². The number of hydrogen-bond acceptors (Lipinski definition) is 3. The van der Waals surface area contributed by atoms with Crippen LogP contribution in [0.25, 0.3) is 21.0 Å². The second kappa shape index (κ2) is 7.15. The van der Waals surface area contributed by atoms with E-state index in [1.165, 1.54) is 17.4 Å². The number of halogens is 1. The molecule has 0 saturated carbocycles. The summed E-state index contributed by atoms with van der Waals surface area (Å²) in [6, 6.07) is 12.9. The highest BCUT2D eigenvalue weighted by Crippen LogP contribution is 2.47. The van der Waals surface area contributed by atoms with Crippen molar-refractivity contribution in [1.29, 1.82) is 0 Å². The predicted molar refractivity (Wildman–Crippen MR) is 120 cm³/mol. The molecule has 0 aliphatic heterocycles. The van der Waals surface area contributed by atoms with Gasteiger partial charge in [0.25, 0.3) is 0 Å². The molecule has 0 amide bonds. The molecule has 0 aliphatic rings. The van der Waals surface area contributed by atoms with Crippen LogP contribution in [0.2, 0.25) is 0 Å². The Morgan fingerprint density at radius 3 is 2.52 bits per heavy atom. The lowest BCUT2D eigenvalue weighted by molar-refractivity contribution is 0.492. The van der Waals surface area contributed by atoms with Crippen molar-refractivity contribution < 1.29 is 12.8 Å². The lowest BCUT2D eigenvalue weighted by Crippen LogP contribution is -2.24. The molecule has 0 bridgehead atoms. The second-order valence-electron chi connectivity index (χ2n) is 7.36. The number of fused-ring (bicyclic) bond motifs is 2. The topological polar surface area (TPSA) is 62.0 Å². The van der Waals surface area contributed by atoms with Gasteiger partial charge in [0.05, 0.1) is 22.2 Å². The number of aromatic nitrogens is 1. The zero-order chi connectivity index (χ0) is 20.8. The van der Waals surface area contributed by atoms with Gasteiger partial charge < -0.3 is 4.98 Å². The molecule has 0 fully saturated rings. The summed E-state index contributed by atoms with van der Waals surface area (Å²) in [6.07, 6.45) is 4.79. The van der Waals surface area contributed by atoms with E-state index in [9.17, 15) is 12.8 Å². The summed E-state index contributed by atoms with van der Waals surface area (Å²) in [7, 11) is -3.39. The summed E-state index contributed by atoms with van der Waals surface area (Å²) in [5, 5.41) is 1.89. The molecule has 0 radical (unpaired) electrons. The van der Waals surface area contributed by atoms with Gasteiger partial charge in [0, 0.05) is 21.9 Å². The van der Waals surface area contributed by atoms with Gasteiger partial charge in [0.1, 0.15) is 5.82 Å². The number of H-pyrrole nitrogens is 1. The maximum absolute atomic E-state index is 14.3. The van der Waals surface area contributed by atoms with Crippen molar-refractivity contribution in [3.8, 4) is 0 Å². The van der Waals surface area contributed by atoms with Crippen molar-refractivity contribution in [2.24, 2.45) is 0 Å². The third kappa shape index (κ3) is 3.32. The smallest absolute Gasteiger partial charge is 0.229 e. The van der Waals surface area contributed by atoms with Crippen LogP contribution in [0.15, 0.2) is 48.7 Å². The number of rotatable bonds is 6. The SMILES string of the molecule is CCC(CC)(c1cc2cccc(F)c2s1)c1c[nH]c2c(NS(C)(=O)=O)cccc12. The van der Waals surface area contributed by atoms with Crippen LogP contribution in [0.1, 0.15) is 37.1 Å². The Kier molecular flexibility index (Phi) is 4.91. The third-order valence-corrected chi connectivity index (χ3v) is 7.66. The predicted octanol–water partition coefficient (Wildman–Crippen LogP) is 6.00. The number of benzene rings is 2. The summed E-state index contributed by atoms with van der Waals surface area (Å²) >= 11 is 1.50. The highest BCUT2D eigenvalue weighted by molar-refractivity contribution is 7.92. The Hall–Kier alpha value is -2.38. The van der Waals surface area contributed by atoms with Gasteiger partial charge >= 0.3 is 0 Å². The lowest BCUT2D eigenvalue weighted by atomic mass is 9.74. The lowest BCUT2D eigenvalue weighted by Gasteiger charge is -2.31. The molecule has 152 valence electrons. The Labute approximate surface area is 173 Å². The van der Waals surface area contributed by atoms with E-state index in [0.29, 0.717) is 10.4 Å². The zero-order valence-corrected chi connectivity index (χ0v) is 18.2. The van der Waals surface area contributed by atoms with Gasteiger partial charge in [0.15, 0.2) is 0 Å². The number of anilines is 1. The molecule has 2 aromatic carbocycles. The second-order valence-corrected chi connectivity index (χ2v) is 10.2. The monoisotopic (exact) mass is 430 g/mol. The largest absolute Gasteiger partial charge is 0.359 e. The van der Waals surface area contributed by atoms with Crippen molar-refractivity contribution in [3.05, 3.63) is 64.9 Å². The molecule has 4 nitrogen and oxygen atoms in total. The molecule has 2 aromatic heterocycles. The van der Waals surface area contributed by atoms with E-state index in [-0.39, 0.29) is 11.2 Å². The molecule has 29 heavy (non-hydrogen) atoms. The van der Waals surface area contributed by atoms with Crippen LogP contribution in [0.5, 0.6) is 0 Å². The molecule has 4 aromatic rings. The third-order valence-electron chi connectivity index (χ3n) is 5.70. The van der Waals surface area contributed by atoms with Crippen molar-refractivity contribution in [3.63, 3.8) is 0 Å². The summed E-state index contributed by atoms with van der Waals surface area (Å²) in [5.41, 5.74) is 2.09. The summed E-state index contributed by atoms with van der Waals surface area (Å²) in [6.45, 7) is 4.28. The van der Waals surface area contributed by atoms with Crippen LogP contribution in [-0.2, 0) is 15.4 Å². The highest BCUT2D eigenvalue weighted by atomic mass is 32.2. The van der Waals surface area contributed by atoms with E-state index in [4.69, 9.17) is 0 Å². The van der Waals surface area contributed by atoms with Crippen molar-refractivity contribution in [2.75, 3.05) is 11.0 Å². The number of nitrogens with one attached hydrogen (secondary N) is 2. The molecule has 0 saturated heterocycles.